The fourth-order valence-electron chi connectivity index (χ4n) is 1.37. The number of para-hydroxylation sites is 1. The maximum Gasteiger partial charge on any atom is 0.134 e. The van der Waals surface area contributed by atoms with E-state index in [9.17, 15) is 5.11 Å². The number of hydrogen-bond donors (Lipinski definition) is 1. The summed E-state index contributed by atoms with van der Waals surface area (Å²) in [6.45, 7) is 1.93. The molecule has 1 heterocycles. The molecule has 1 aromatic heterocycles. The smallest absolute Gasteiger partial charge is 0.134 e. The number of rotatable bonds is 2. The molecule has 0 fully saturated rings. The van der Waals surface area contributed by atoms with Crippen LogP contribution in [0.3, 0.4) is 0 Å². The fraction of sp³-hybridized carbons (Fsp3) is 0.273. The molecule has 0 radical (unpaired) electrons. The molecule has 68 valence electrons. The van der Waals surface area contributed by atoms with Gasteiger partial charge in [-0.1, -0.05) is 25.1 Å². The van der Waals surface area contributed by atoms with Crippen LogP contribution >= 0.6 is 0 Å². The summed E-state index contributed by atoms with van der Waals surface area (Å²) >= 11 is 0. The summed E-state index contributed by atoms with van der Waals surface area (Å²) < 4.78 is 5.47. The number of aliphatic hydroxyl groups is 1. The van der Waals surface area contributed by atoms with Crippen molar-refractivity contribution in [2.75, 3.05) is 0 Å². The number of benzene rings is 1. The van der Waals surface area contributed by atoms with Crippen LogP contribution in [0, 0.1) is 0 Å². The fourth-order valence-corrected chi connectivity index (χ4v) is 1.37. The summed E-state index contributed by atoms with van der Waals surface area (Å²) in [6.07, 6.45) is 0.201. The second-order valence-electron chi connectivity index (χ2n) is 3.11. The van der Waals surface area contributed by atoms with E-state index in [1.165, 1.54) is 0 Å². The Hall–Kier alpha value is -1.28. The van der Waals surface area contributed by atoms with Crippen molar-refractivity contribution < 1.29 is 9.52 Å². The summed E-state index contributed by atoms with van der Waals surface area (Å²) in [5.41, 5.74) is 0.838. The van der Waals surface area contributed by atoms with Crippen molar-refractivity contribution in [2.45, 2.75) is 19.4 Å². The van der Waals surface area contributed by atoms with E-state index in [4.69, 9.17) is 4.42 Å². The first-order valence-electron chi connectivity index (χ1n) is 4.48. The van der Waals surface area contributed by atoms with Crippen molar-refractivity contribution in [1.29, 1.82) is 0 Å². The molecule has 1 N–H and O–H groups in total. The van der Waals surface area contributed by atoms with Gasteiger partial charge in [-0.3, -0.25) is 0 Å². The largest absolute Gasteiger partial charge is 0.458 e. The standard InChI is InChI=1S/C11H12O2/c1-2-9(12)11-7-8-5-3-4-6-10(8)13-11/h3-7,9,12H,2H2,1H3/t9-/m1/s1. The SMILES string of the molecule is CC[C@@H](O)c1cc2ccccc2o1. The minimum absolute atomic E-state index is 0.479. The number of furan rings is 1. The lowest BCUT2D eigenvalue weighted by Gasteiger charge is -2.00. The molecule has 0 saturated carbocycles. The molecule has 0 aliphatic heterocycles. The van der Waals surface area contributed by atoms with Crippen LogP contribution in [0.15, 0.2) is 34.7 Å². The number of hydrogen-bond acceptors (Lipinski definition) is 2. The number of fused-ring (bicyclic) bond motifs is 1. The third kappa shape index (κ3) is 1.45. The van der Waals surface area contributed by atoms with E-state index in [0.29, 0.717) is 12.2 Å². The first kappa shape index (κ1) is 8.32. The monoisotopic (exact) mass is 176 g/mol. The van der Waals surface area contributed by atoms with Crippen molar-refractivity contribution in [3.63, 3.8) is 0 Å². The van der Waals surface area contributed by atoms with E-state index in [2.05, 4.69) is 0 Å². The van der Waals surface area contributed by atoms with Crippen molar-refractivity contribution in [3.8, 4) is 0 Å². The maximum atomic E-state index is 9.54. The molecule has 0 aliphatic rings. The molecule has 0 unspecified atom stereocenters. The van der Waals surface area contributed by atoms with Gasteiger partial charge in [-0.25, -0.2) is 0 Å². The van der Waals surface area contributed by atoms with Crippen molar-refractivity contribution in [2.24, 2.45) is 0 Å². The van der Waals surface area contributed by atoms with Gasteiger partial charge in [0, 0.05) is 5.39 Å². The van der Waals surface area contributed by atoms with E-state index in [1.807, 2.05) is 37.3 Å². The Morgan fingerprint density at radius 3 is 2.85 bits per heavy atom. The van der Waals surface area contributed by atoms with Crippen LogP contribution < -0.4 is 0 Å². The Bertz CT molecular complexity index is 370. The molecule has 2 heteroatoms. The van der Waals surface area contributed by atoms with Crippen molar-refractivity contribution in [3.05, 3.63) is 36.1 Å². The Labute approximate surface area is 76.8 Å². The summed E-state index contributed by atoms with van der Waals surface area (Å²) in [5, 5.41) is 10.6. The van der Waals surface area contributed by atoms with Gasteiger partial charge < -0.3 is 9.52 Å². The van der Waals surface area contributed by atoms with Gasteiger partial charge in [-0.15, -0.1) is 0 Å². The minimum Gasteiger partial charge on any atom is -0.458 e. The molecule has 1 atom stereocenters. The van der Waals surface area contributed by atoms with Gasteiger partial charge in [0.15, 0.2) is 0 Å². The molecule has 2 aromatic rings. The number of aliphatic hydroxyl groups excluding tert-OH is 1. The van der Waals surface area contributed by atoms with Crippen LogP contribution in [-0.2, 0) is 0 Å². The predicted octanol–water partition coefficient (Wildman–Crippen LogP) is 2.88. The van der Waals surface area contributed by atoms with Gasteiger partial charge >= 0.3 is 0 Å². The summed E-state index contributed by atoms with van der Waals surface area (Å²) in [7, 11) is 0. The molecule has 0 amide bonds. The highest BCUT2D eigenvalue weighted by molar-refractivity contribution is 5.77. The minimum atomic E-state index is -0.479. The Balaban J connectivity index is 2.49. The molecular formula is C11H12O2. The van der Waals surface area contributed by atoms with Crippen LogP contribution in [0.4, 0.5) is 0 Å². The molecule has 0 spiro atoms. The third-order valence-electron chi connectivity index (χ3n) is 2.16. The van der Waals surface area contributed by atoms with Gasteiger partial charge in [-0.2, -0.15) is 0 Å². The molecule has 2 nitrogen and oxygen atoms in total. The van der Waals surface area contributed by atoms with Gasteiger partial charge in [-0.05, 0) is 18.6 Å². The average molecular weight is 176 g/mol. The van der Waals surface area contributed by atoms with Crippen molar-refractivity contribution in [1.82, 2.24) is 0 Å². The maximum absolute atomic E-state index is 9.54. The lowest BCUT2D eigenvalue weighted by atomic mass is 10.2. The summed E-state index contributed by atoms with van der Waals surface area (Å²) in [5.74, 6) is 0.656. The highest BCUT2D eigenvalue weighted by Crippen LogP contribution is 2.24. The van der Waals surface area contributed by atoms with Crippen LogP contribution in [-0.4, -0.2) is 5.11 Å². The topological polar surface area (TPSA) is 33.4 Å². The zero-order valence-electron chi connectivity index (χ0n) is 7.53. The van der Waals surface area contributed by atoms with Gasteiger partial charge in [0.1, 0.15) is 17.4 Å². The van der Waals surface area contributed by atoms with E-state index < -0.39 is 6.10 Å². The third-order valence-corrected chi connectivity index (χ3v) is 2.16. The first-order valence-corrected chi connectivity index (χ1v) is 4.48. The van der Waals surface area contributed by atoms with Crippen LogP contribution in [0.1, 0.15) is 25.2 Å². The zero-order chi connectivity index (χ0) is 9.26. The van der Waals surface area contributed by atoms with E-state index in [-0.39, 0.29) is 0 Å². The summed E-state index contributed by atoms with van der Waals surface area (Å²) in [4.78, 5) is 0. The normalized spacial score (nSPS) is 13.4. The van der Waals surface area contributed by atoms with Crippen LogP contribution in [0.2, 0.25) is 0 Å². The second-order valence-corrected chi connectivity index (χ2v) is 3.11. The Kier molecular flexibility index (Phi) is 2.07. The lowest BCUT2D eigenvalue weighted by molar-refractivity contribution is 0.148. The lowest BCUT2D eigenvalue weighted by Crippen LogP contribution is -1.90. The van der Waals surface area contributed by atoms with Gasteiger partial charge in [0.05, 0.1) is 0 Å². The van der Waals surface area contributed by atoms with Crippen LogP contribution in [0.5, 0.6) is 0 Å². The van der Waals surface area contributed by atoms with Gasteiger partial charge in [0.25, 0.3) is 0 Å². The van der Waals surface area contributed by atoms with E-state index in [1.54, 1.807) is 0 Å². The predicted molar refractivity (Wildman–Crippen MR) is 51.5 cm³/mol. The molecule has 0 saturated heterocycles. The highest BCUT2D eigenvalue weighted by Gasteiger charge is 2.10. The first-order chi connectivity index (χ1) is 6.31. The average Bonchev–Trinajstić information content (AvgIpc) is 2.59. The molecule has 13 heavy (non-hydrogen) atoms. The van der Waals surface area contributed by atoms with Gasteiger partial charge in [0.2, 0.25) is 0 Å². The Morgan fingerprint density at radius 1 is 1.38 bits per heavy atom. The Morgan fingerprint density at radius 2 is 2.15 bits per heavy atom. The second kappa shape index (κ2) is 3.23. The van der Waals surface area contributed by atoms with E-state index >= 15 is 0 Å². The van der Waals surface area contributed by atoms with Crippen molar-refractivity contribution >= 4 is 11.0 Å². The molecule has 0 bridgehead atoms. The molecule has 2 rings (SSSR count). The summed E-state index contributed by atoms with van der Waals surface area (Å²) in [6, 6.07) is 9.66. The molecular weight excluding hydrogens is 164 g/mol. The zero-order valence-corrected chi connectivity index (χ0v) is 7.53. The van der Waals surface area contributed by atoms with Crippen LogP contribution in [0.25, 0.3) is 11.0 Å². The molecule has 1 aromatic carbocycles. The highest BCUT2D eigenvalue weighted by atomic mass is 16.4. The quantitative estimate of drug-likeness (QED) is 0.763. The van der Waals surface area contributed by atoms with E-state index in [0.717, 1.165) is 11.0 Å². The molecule has 0 aliphatic carbocycles.